The van der Waals surface area contributed by atoms with E-state index in [1.807, 2.05) is 30.3 Å². The van der Waals surface area contributed by atoms with Crippen molar-refractivity contribution in [1.29, 1.82) is 0 Å². The number of hydrogen-bond acceptors (Lipinski definition) is 6. The molecule has 0 spiro atoms. The molecule has 1 saturated carbocycles. The summed E-state index contributed by atoms with van der Waals surface area (Å²) >= 11 is 0. The van der Waals surface area contributed by atoms with Gasteiger partial charge >= 0.3 is 0 Å². The normalized spacial score (nSPS) is 24.5. The summed E-state index contributed by atoms with van der Waals surface area (Å²) < 4.78 is 26.4. The van der Waals surface area contributed by atoms with Crippen LogP contribution in [0.3, 0.4) is 0 Å². The smallest absolute Gasteiger partial charge is 0.213 e. The van der Waals surface area contributed by atoms with Crippen molar-refractivity contribution in [3.05, 3.63) is 65.9 Å². The van der Waals surface area contributed by atoms with Gasteiger partial charge in [0.05, 0.1) is 42.2 Å². The highest BCUT2D eigenvalue weighted by atomic mass is 19.1. The highest BCUT2D eigenvalue weighted by molar-refractivity contribution is 5.78. The molecule has 0 amide bonds. The molecular formula is C26H29FN4O2. The van der Waals surface area contributed by atoms with E-state index in [1.54, 1.807) is 19.4 Å². The van der Waals surface area contributed by atoms with Gasteiger partial charge in [-0.1, -0.05) is 12.1 Å². The van der Waals surface area contributed by atoms with Gasteiger partial charge < -0.3 is 14.8 Å². The van der Waals surface area contributed by atoms with E-state index in [9.17, 15) is 4.39 Å². The molecule has 2 bridgehead atoms. The van der Waals surface area contributed by atoms with E-state index >= 15 is 0 Å². The molecule has 3 aromatic heterocycles. The molecule has 0 unspecified atom stereocenters. The van der Waals surface area contributed by atoms with E-state index in [0.29, 0.717) is 35.5 Å². The molecule has 5 heterocycles. The monoisotopic (exact) mass is 448 g/mol. The van der Waals surface area contributed by atoms with Crippen molar-refractivity contribution in [2.75, 3.05) is 20.3 Å². The van der Waals surface area contributed by atoms with Gasteiger partial charge in [0.2, 0.25) is 5.88 Å². The Kier molecular flexibility index (Phi) is 6.08. The van der Waals surface area contributed by atoms with Gasteiger partial charge in [0.15, 0.2) is 0 Å². The van der Waals surface area contributed by atoms with E-state index in [2.05, 4.69) is 26.3 Å². The van der Waals surface area contributed by atoms with E-state index in [-0.39, 0.29) is 17.0 Å². The lowest BCUT2D eigenvalue weighted by Crippen LogP contribution is -2.61. The molecule has 6 nitrogen and oxygen atoms in total. The molecule has 172 valence electrons. The molecule has 2 saturated heterocycles. The summed E-state index contributed by atoms with van der Waals surface area (Å²) in [6, 6.07) is 9.47. The Hall–Kier alpha value is -2.90. The lowest BCUT2D eigenvalue weighted by atomic mass is 9.69. The second kappa shape index (κ2) is 9.15. The van der Waals surface area contributed by atoms with Crippen LogP contribution < -0.4 is 10.1 Å². The van der Waals surface area contributed by atoms with E-state index in [4.69, 9.17) is 9.47 Å². The Morgan fingerprint density at radius 2 is 2.03 bits per heavy atom. The van der Waals surface area contributed by atoms with Crippen molar-refractivity contribution in [1.82, 2.24) is 20.3 Å². The fourth-order valence-corrected chi connectivity index (χ4v) is 5.03. The molecule has 3 aromatic rings. The zero-order valence-corrected chi connectivity index (χ0v) is 18.9. The maximum atomic E-state index is 14.7. The van der Waals surface area contributed by atoms with Crippen molar-refractivity contribution in [2.45, 2.75) is 49.7 Å². The van der Waals surface area contributed by atoms with Crippen molar-refractivity contribution < 1.29 is 13.9 Å². The molecule has 0 atom stereocenters. The molecular weight excluding hydrogens is 419 g/mol. The number of nitrogens with zero attached hydrogens (tertiary/aromatic N) is 3. The summed E-state index contributed by atoms with van der Waals surface area (Å²) in [4.78, 5) is 13.0. The number of halogens is 1. The molecule has 33 heavy (non-hydrogen) atoms. The average Bonchev–Trinajstić information content (AvgIpc) is 2.87. The van der Waals surface area contributed by atoms with Gasteiger partial charge in [0.25, 0.3) is 0 Å². The predicted molar refractivity (Wildman–Crippen MR) is 126 cm³/mol. The van der Waals surface area contributed by atoms with Crippen LogP contribution in [-0.2, 0) is 11.2 Å². The van der Waals surface area contributed by atoms with E-state index in [1.165, 1.54) is 6.20 Å². The van der Waals surface area contributed by atoms with Gasteiger partial charge in [0.1, 0.15) is 5.82 Å². The summed E-state index contributed by atoms with van der Waals surface area (Å²) in [6.45, 7) is 1.48. The summed E-state index contributed by atoms with van der Waals surface area (Å²) in [5, 5.41) is 3.70. The van der Waals surface area contributed by atoms with Crippen LogP contribution in [0.2, 0.25) is 0 Å². The number of ether oxygens (including phenoxy) is 2. The highest BCUT2D eigenvalue weighted by Gasteiger charge is 2.49. The van der Waals surface area contributed by atoms with Gasteiger partial charge in [-0.2, -0.15) is 0 Å². The number of nitrogens with one attached hydrogen (secondary N) is 1. The van der Waals surface area contributed by atoms with Crippen molar-refractivity contribution >= 4 is 17.1 Å². The minimum Gasteiger partial charge on any atom is -0.481 e. The quantitative estimate of drug-likeness (QED) is 0.548. The third-order valence-electron chi connectivity index (χ3n) is 7.12. The van der Waals surface area contributed by atoms with Crippen molar-refractivity contribution in [3.63, 3.8) is 0 Å². The Balaban J connectivity index is 1.21. The first-order valence-corrected chi connectivity index (χ1v) is 11.6. The standard InChI is InChI=1S/C26H29FN4O2/c1-32-23-8-7-22-24(31-23)20(21(27)17-29-22)9-10-26-13-11-25(12-14-26,18-33-26)30-16-4-6-19-5-2-3-15-28-19/h2-8,15,17,30H,9-14,16,18H2,1H3. The van der Waals surface area contributed by atoms with Gasteiger partial charge in [-0.05, 0) is 62.8 Å². The number of aryl methyl sites for hydroxylation is 1. The number of hydrogen-bond donors (Lipinski definition) is 1. The second-order valence-electron chi connectivity index (χ2n) is 9.10. The third-order valence-corrected chi connectivity index (χ3v) is 7.12. The first-order chi connectivity index (χ1) is 16.1. The molecule has 6 rings (SSSR count). The van der Waals surface area contributed by atoms with Gasteiger partial charge in [-0.15, -0.1) is 0 Å². The maximum absolute atomic E-state index is 14.7. The Morgan fingerprint density at radius 1 is 1.15 bits per heavy atom. The number of methoxy groups -OCH3 is 1. The highest BCUT2D eigenvalue weighted by Crippen LogP contribution is 2.46. The summed E-state index contributed by atoms with van der Waals surface area (Å²) in [5.41, 5.74) is 2.65. The number of aromatic nitrogens is 3. The largest absolute Gasteiger partial charge is 0.481 e. The molecule has 0 aromatic carbocycles. The molecule has 3 fully saturated rings. The number of pyridine rings is 3. The topological polar surface area (TPSA) is 69.2 Å². The fourth-order valence-electron chi connectivity index (χ4n) is 5.03. The van der Waals surface area contributed by atoms with Crippen LogP contribution in [0.15, 0.2) is 48.8 Å². The SMILES string of the molecule is COc1ccc2ncc(F)c(CCC34CCC(NCC=Cc5ccccn5)(CC3)CO4)c2n1. The van der Waals surface area contributed by atoms with Crippen LogP contribution >= 0.6 is 0 Å². The fraction of sp³-hybridized carbons (Fsp3) is 0.423. The van der Waals surface area contributed by atoms with Crippen LogP contribution in [0.25, 0.3) is 17.1 Å². The van der Waals surface area contributed by atoms with Crippen LogP contribution in [0.1, 0.15) is 43.4 Å². The summed E-state index contributed by atoms with van der Waals surface area (Å²) in [6.07, 6.45) is 12.7. The van der Waals surface area contributed by atoms with Crippen LogP contribution in [0, 0.1) is 5.82 Å². The first-order valence-electron chi connectivity index (χ1n) is 11.6. The minimum absolute atomic E-state index is 0.0275. The second-order valence-corrected chi connectivity index (χ2v) is 9.10. The van der Waals surface area contributed by atoms with E-state index in [0.717, 1.165) is 44.3 Å². The Bertz CT molecular complexity index is 1130. The van der Waals surface area contributed by atoms with Crippen molar-refractivity contribution in [2.24, 2.45) is 0 Å². The lowest BCUT2D eigenvalue weighted by molar-refractivity contribution is -0.164. The predicted octanol–water partition coefficient (Wildman–Crippen LogP) is 4.49. The zero-order valence-electron chi connectivity index (χ0n) is 18.9. The zero-order chi connectivity index (χ0) is 22.7. The Labute approximate surface area is 193 Å². The van der Waals surface area contributed by atoms with Gasteiger partial charge in [-0.25, -0.2) is 9.37 Å². The average molecular weight is 449 g/mol. The summed E-state index contributed by atoms with van der Waals surface area (Å²) in [5.74, 6) is 0.149. The van der Waals surface area contributed by atoms with Crippen molar-refractivity contribution in [3.8, 4) is 5.88 Å². The minimum atomic E-state index is -0.318. The first kappa shape index (κ1) is 21.9. The number of rotatable bonds is 8. The van der Waals surface area contributed by atoms with E-state index < -0.39 is 0 Å². The maximum Gasteiger partial charge on any atom is 0.213 e. The summed E-state index contributed by atoms with van der Waals surface area (Å²) in [7, 11) is 1.56. The molecule has 2 aliphatic heterocycles. The van der Waals surface area contributed by atoms with Crippen LogP contribution in [-0.4, -0.2) is 46.4 Å². The Morgan fingerprint density at radius 3 is 2.76 bits per heavy atom. The third kappa shape index (κ3) is 4.61. The van der Waals surface area contributed by atoms with Crippen LogP contribution in [0.5, 0.6) is 5.88 Å². The molecule has 0 radical (unpaired) electrons. The molecule has 1 N–H and O–H groups in total. The number of fused-ring (bicyclic) bond motifs is 4. The van der Waals surface area contributed by atoms with Gasteiger partial charge in [0, 0.05) is 29.9 Å². The van der Waals surface area contributed by atoms with Crippen LogP contribution in [0.4, 0.5) is 4.39 Å². The molecule has 3 aliphatic rings. The van der Waals surface area contributed by atoms with Gasteiger partial charge in [-0.3, -0.25) is 9.97 Å². The lowest BCUT2D eigenvalue weighted by Gasteiger charge is -2.53. The molecule has 7 heteroatoms. The molecule has 1 aliphatic carbocycles.